The zero-order chi connectivity index (χ0) is 13.2. The van der Waals surface area contributed by atoms with Crippen LogP contribution in [0, 0.1) is 6.92 Å². The molecule has 0 spiro atoms. The van der Waals surface area contributed by atoms with Gasteiger partial charge in [-0.05, 0) is 6.92 Å². The maximum Gasteiger partial charge on any atom is 0.335 e. The van der Waals surface area contributed by atoms with E-state index in [0.717, 1.165) is 12.4 Å². The Morgan fingerprint density at radius 2 is 2.00 bits per heavy atom. The third-order valence-electron chi connectivity index (χ3n) is 1.82. The largest absolute Gasteiger partial charge is 0.335 e. The van der Waals surface area contributed by atoms with Crippen molar-refractivity contribution >= 4 is 22.0 Å². The molecule has 4 N–H and O–H groups in total. The SMILES string of the molecule is Cc1noc(NS(=O)(=O)c2cnc(NN)nc2)n1. The van der Waals surface area contributed by atoms with E-state index in [1.807, 2.05) is 0 Å². The van der Waals surface area contributed by atoms with Crippen LogP contribution in [0.5, 0.6) is 0 Å². The summed E-state index contributed by atoms with van der Waals surface area (Å²) < 4.78 is 30.4. The molecule has 2 heterocycles. The van der Waals surface area contributed by atoms with E-state index in [9.17, 15) is 8.42 Å². The van der Waals surface area contributed by atoms with E-state index < -0.39 is 10.0 Å². The molecule has 0 aliphatic carbocycles. The number of aryl methyl sites for hydroxylation is 1. The number of hydrogen-bond acceptors (Lipinski definition) is 9. The molecule has 0 saturated carbocycles. The van der Waals surface area contributed by atoms with Crippen LogP contribution in [-0.4, -0.2) is 28.5 Å². The van der Waals surface area contributed by atoms with Crippen molar-refractivity contribution in [3.05, 3.63) is 18.2 Å². The van der Waals surface area contributed by atoms with E-state index in [1.165, 1.54) is 0 Å². The second-order valence-corrected chi connectivity index (χ2v) is 4.82. The molecule has 0 saturated heterocycles. The van der Waals surface area contributed by atoms with Crippen LogP contribution in [0.15, 0.2) is 21.8 Å². The van der Waals surface area contributed by atoms with Gasteiger partial charge in [-0.2, -0.15) is 4.98 Å². The summed E-state index contributed by atoms with van der Waals surface area (Å²) in [5, 5.41) is 3.45. The number of nitrogens with two attached hydrogens (primary N) is 1. The average Bonchev–Trinajstić information content (AvgIpc) is 2.74. The Morgan fingerprint density at radius 1 is 1.33 bits per heavy atom. The quantitative estimate of drug-likeness (QED) is 0.482. The molecule has 0 atom stereocenters. The molecule has 11 heteroatoms. The smallest absolute Gasteiger partial charge is 0.314 e. The van der Waals surface area contributed by atoms with Gasteiger partial charge >= 0.3 is 6.01 Å². The first-order valence-electron chi connectivity index (χ1n) is 4.63. The van der Waals surface area contributed by atoms with Crippen LogP contribution >= 0.6 is 0 Å². The molecule has 2 rings (SSSR count). The third kappa shape index (κ3) is 2.52. The highest BCUT2D eigenvalue weighted by Gasteiger charge is 2.18. The van der Waals surface area contributed by atoms with Crippen LogP contribution in [0.2, 0.25) is 0 Å². The number of nitrogen functional groups attached to an aromatic ring is 1. The summed E-state index contributed by atoms with van der Waals surface area (Å²) in [5.74, 6) is 5.47. The lowest BCUT2D eigenvalue weighted by Crippen LogP contribution is -2.15. The Morgan fingerprint density at radius 3 is 2.50 bits per heavy atom. The lowest BCUT2D eigenvalue weighted by Gasteiger charge is -2.03. The minimum Gasteiger partial charge on any atom is -0.314 e. The van der Waals surface area contributed by atoms with Crippen LogP contribution in [-0.2, 0) is 10.0 Å². The number of rotatable bonds is 4. The Labute approximate surface area is 102 Å². The van der Waals surface area contributed by atoms with Gasteiger partial charge in [0.2, 0.25) is 5.95 Å². The highest BCUT2D eigenvalue weighted by atomic mass is 32.2. The monoisotopic (exact) mass is 271 g/mol. The standard InChI is InChI=1S/C7H9N7O3S/c1-4-11-7(17-13-4)14-18(15,16)5-2-9-6(12-8)10-3-5/h2-3H,8H2,1H3,(H,9,10,12)(H,11,13,14). The molecule has 0 radical (unpaired) electrons. The van der Waals surface area contributed by atoms with Crippen molar-refractivity contribution in [3.8, 4) is 0 Å². The predicted octanol–water partition coefficient (Wildman–Crippen LogP) is -0.746. The van der Waals surface area contributed by atoms with Crippen LogP contribution < -0.4 is 16.0 Å². The maximum atomic E-state index is 11.8. The van der Waals surface area contributed by atoms with Gasteiger partial charge in [0.1, 0.15) is 4.90 Å². The van der Waals surface area contributed by atoms with Gasteiger partial charge in [-0.15, -0.1) is 0 Å². The fourth-order valence-electron chi connectivity index (χ4n) is 1.04. The van der Waals surface area contributed by atoms with Gasteiger partial charge in [0, 0.05) is 0 Å². The van der Waals surface area contributed by atoms with Gasteiger partial charge in [-0.3, -0.25) is 5.43 Å². The molecule has 2 aromatic heterocycles. The van der Waals surface area contributed by atoms with Gasteiger partial charge in [0.15, 0.2) is 5.82 Å². The summed E-state index contributed by atoms with van der Waals surface area (Å²) in [6.07, 6.45) is 2.18. The third-order valence-corrected chi connectivity index (χ3v) is 3.09. The van der Waals surface area contributed by atoms with E-state index in [1.54, 1.807) is 6.92 Å². The van der Waals surface area contributed by atoms with Crippen molar-refractivity contribution < 1.29 is 12.9 Å². The normalized spacial score (nSPS) is 11.2. The second-order valence-electron chi connectivity index (χ2n) is 3.14. The summed E-state index contributed by atoms with van der Waals surface area (Å²) in [5.41, 5.74) is 2.18. The first-order valence-corrected chi connectivity index (χ1v) is 6.11. The average molecular weight is 271 g/mol. The molecule has 0 aliphatic rings. The Kier molecular flexibility index (Phi) is 3.08. The first kappa shape index (κ1) is 12.2. The van der Waals surface area contributed by atoms with E-state index in [2.05, 4.69) is 34.8 Å². The molecule has 10 nitrogen and oxygen atoms in total. The first-order chi connectivity index (χ1) is 8.51. The number of nitrogens with one attached hydrogen (secondary N) is 2. The summed E-state index contributed by atoms with van der Waals surface area (Å²) in [4.78, 5) is 10.9. The lowest BCUT2D eigenvalue weighted by molar-refractivity contribution is 0.429. The van der Waals surface area contributed by atoms with Crippen LogP contribution in [0.3, 0.4) is 0 Å². The zero-order valence-corrected chi connectivity index (χ0v) is 9.97. The van der Waals surface area contributed by atoms with Gasteiger partial charge < -0.3 is 4.52 Å². The number of hydrazine groups is 1. The Bertz CT molecular complexity index is 635. The molecule has 18 heavy (non-hydrogen) atoms. The molecule has 96 valence electrons. The minimum atomic E-state index is -3.86. The van der Waals surface area contributed by atoms with Gasteiger partial charge in [0.25, 0.3) is 10.0 Å². The fourth-order valence-corrected chi connectivity index (χ4v) is 1.86. The summed E-state index contributed by atoms with van der Waals surface area (Å²) in [6.45, 7) is 1.56. The molecular weight excluding hydrogens is 262 g/mol. The summed E-state index contributed by atoms with van der Waals surface area (Å²) in [6, 6.07) is -0.228. The summed E-state index contributed by atoms with van der Waals surface area (Å²) >= 11 is 0. The lowest BCUT2D eigenvalue weighted by atomic mass is 10.7. The second kappa shape index (κ2) is 4.54. The van der Waals surface area contributed by atoms with Gasteiger partial charge in [-0.25, -0.2) is 29.0 Å². The number of anilines is 2. The topological polar surface area (TPSA) is 149 Å². The van der Waals surface area contributed by atoms with E-state index in [-0.39, 0.29) is 16.9 Å². The molecule has 2 aromatic rings. The van der Waals surface area contributed by atoms with Crippen LogP contribution in [0.1, 0.15) is 5.82 Å². The fraction of sp³-hybridized carbons (Fsp3) is 0.143. The highest BCUT2D eigenvalue weighted by Crippen LogP contribution is 2.13. The Balaban J connectivity index is 2.24. The van der Waals surface area contributed by atoms with E-state index in [4.69, 9.17) is 5.84 Å². The summed E-state index contributed by atoms with van der Waals surface area (Å²) in [7, 11) is -3.86. The van der Waals surface area contributed by atoms with Crippen molar-refractivity contribution in [2.75, 3.05) is 10.1 Å². The molecule has 0 amide bonds. The van der Waals surface area contributed by atoms with Gasteiger partial charge in [-0.1, -0.05) is 5.16 Å². The molecule has 0 bridgehead atoms. The maximum absolute atomic E-state index is 11.8. The van der Waals surface area contributed by atoms with Crippen molar-refractivity contribution in [2.45, 2.75) is 11.8 Å². The molecular formula is C7H9N7O3S. The van der Waals surface area contributed by atoms with Crippen LogP contribution in [0.4, 0.5) is 12.0 Å². The Hall–Kier alpha value is -2.27. The van der Waals surface area contributed by atoms with Crippen molar-refractivity contribution in [2.24, 2.45) is 5.84 Å². The molecule has 0 fully saturated rings. The number of sulfonamides is 1. The molecule has 0 unspecified atom stereocenters. The number of nitrogens with zero attached hydrogens (tertiary/aromatic N) is 4. The molecule has 0 aliphatic heterocycles. The minimum absolute atomic E-state index is 0.0996. The van der Waals surface area contributed by atoms with Crippen LogP contribution in [0.25, 0.3) is 0 Å². The van der Waals surface area contributed by atoms with Crippen molar-refractivity contribution in [1.29, 1.82) is 0 Å². The van der Waals surface area contributed by atoms with Crippen molar-refractivity contribution in [3.63, 3.8) is 0 Å². The predicted molar refractivity (Wildman–Crippen MR) is 59.7 cm³/mol. The zero-order valence-electron chi connectivity index (χ0n) is 9.15. The highest BCUT2D eigenvalue weighted by molar-refractivity contribution is 7.92. The van der Waals surface area contributed by atoms with Gasteiger partial charge in [0.05, 0.1) is 12.4 Å². The molecule has 0 aromatic carbocycles. The van der Waals surface area contributed by atoms with E-state index in [0.29, 0.717) is 5.82 Å². The van der Waals surface area contributed by atoms with E-state index >= 15 is 0 Å². The number of hydrogen-bond donors (Lipinski definition) is 3. The number of aromatic nitrogens is 4. The van der Waals surface area contributed by atoms with Crippen molar-refractivity contribution in [1.82, 2.24) is 20.1 Å².